The Hall–Kier alpha value is -0.840. The highest BCUT2D eigenvalue weighted by Gasteiger charge is 2.42. The SMILES string of the molecule is CNC(c1ccc(COC)o1)C1C(C)OC(C)C1C. The van der Waals surface area contributed by atoms with Gasteiger partial charge in [-0.2, -0.15) is 0 Å². The Morgan fingerprint density at radius 2 is 2.00 bits per heavy atom. The van der Waals surface area contributed by atoms with E-state index in [1.807, 2.05) is 19.2 Å². The minimum Gasteiger partial charge on any atom is -0.462 e. The smallest absolute Gasteiger partial charge is 0.129 e. The van der Waals surface area contributed by atoms with Crippen molar-refractivity contribution in [1.82, 2.24) is 5.32 Å². The third-order valence-corrected chi connectivity index (χ3v) is 4.29. The fourth-order valence-electron chi connectivity index (χ4n) is 3.17. The Kier molecular flexibility index (Phi) is 4.66. The van der Waals surface area contributed by atoms with Gasteiger partial charge in [0.2, 0.25) is 0 Å². The second-order valence-electron chi connectivity index (χ2n) is 5.49. The maximum absolute atomic E-state index is 5.94. The Bertz CT molecular complexity index is 404. The van der Waals surface area contributed by atoms with Gasteiger partial charge in [0.15, 0.2) is 0 Å². The molecule has 1 saturated heterocycles. The minimum absolute atomic E-state index is 0.181. The zero-order chi connectivity index (χ0) is 14.0. The molecule has 2 heterocycles. The van der Waals surface area contributed by atoms with Gasteiger partial charge in [0.05, 0.1) is 18.2 Å². The van der Waals surface area contributed by atoms with E-state index in [-0.39, 0.29) is 12.1 Å². The van der Waals surface area contributed by atoms with Crippen LogP contribution in [-0.4, -0.2) is 26.4 Å². The van der Waals surface area contributed by atoms with Crippen molar-refractivity contribution in [2.45, 2.75) is 45.6 Å². The number of rotatable bonds is 5. The molecule has 1 N–H and O–H groups in total. The molecule has 19 heavy (non-hydrogen) atoms. The van der Waals surface area contributed by atoms with E-state index in [9.17, 15) is 0 Å². The van der Waals surface area contributed by atoms with Crippen molar-refractivity contribution in [2.24, 2.45) is 11.8 Å². The maximum Gasteiger partial charge on any atom is 0.129 e. The van der Waals surface area contributed by atoms with Gasteiger partial charge >= 0.3 is 0 Å². The van der Waals surface area contributed by atoms with Gasteiger partial charge in [-0.1, -0.05) is 6.92 Å². The molecular formula is C15H25NO3. The van der Waals surface area contributed by atoms with Crippen molar-refractivity contribution in [3.05, 3.63) is 23.7 Å². The number of furan rings is 1. The van der Waals surface area contributed by atoms with Gasteiger partial charge in [-0.15, -0.1) is 0 Å². The monoisotopic (exact) mass is 267 g/mol. The average Bonchev–Trinajstić information content (AvgIpc) is 2.91. The molecule has 0 bridgehead atoms. The van der Waals surface area contributed by atoms with Crippen LogP contribution in [0, 0.1) is 11.8 Å². The molecule has 1 aliphatic rings. The number of hydrogen-bond donors (Lipinski definition) is 1. The second kappa shape index (κ2) is 6.07. The summed E-state index contributed by atoms with van der Waals surface area (Å²) in [7, 11) is 3.65. The van der Waals surface area contributed by atoms with Crippen LogP contribution in [0.5, 0.6) is 0 Å². The van der Waals surface area contributed by atoms with Crippen LogP contribution in [0.15, 0.2) is 16.5 Å². The van der Waals surface area contributed by atoms with E-state index in [4.69, 9.17) is 13.9 Å². The topological polar surface area (TPSA) is 43.6 Å². The lowest BCUT2D eigenvalue weighted by molar-refractivity contribution is 0.0467. The number of nitrogens with one attached hydrogen (secondary N) is 1. The molecule has 0 aromatic carbocycles. The lowest BCUT2D eigenvalue weighted by Gasteiger charge is -2.27. The lowest BCUT2D eigenvalue weighted by atomic mass is 9.82. The normalized spacial score (nSPS) is 32.7. The molecule has 1 aliphatic heterocycles. The summed E-state index contributed by atoms with van der Waals surface area (Å²) >= 11 is 0. The first-order valence-electron chi connectivity index (χ1n) is 6.98. The molecule has 1 fully saturated rings. The minimum atomic E-state index is 0.181. The van der Waals surface area contributed by atoms with Crippen LogP contribution in [0.25, 0.3) is 0 Å². The van der Waals surface area contributed by atoms with Crippen molar-refractivity contribution in [3.8, 4) is 0 Å². The third-order valence-electron chi connectivity index (χ3n) is 4.29. The predicted octanol–water partition coefficient (Wildman–Crippen LogP) is 2.75. The van der Waals surface area contributed by atoms with Crippen LogP contribution in [-0.2, 0) is 16.1 Å². The molecule has 0 aliphatic carbocycles. The molecule has 4 nitrogen and oxygen atoms in total. The fraction of sp³-hybridized carbons (Fsp3) is 0.733. The van der Waals surface area contributed by atoms with Crippen molar-refractivity contribution in [2.75, 3.05) is 14.2 Å². The number of ether oxygens (including phenoxy) is 2. The largest absolute Gasteiger partial charge is 0.462 e. The molecular weight excluding hydrogens is 242 g/mol. The fourth-order valence-corrected chi connectivity index (χ4v) is 3.17. The highest BCUT2D eigenvalue weighted by molar-refractivity contribution is 5.13. The molecule has 1 aromatic rings. The summed E-state index contributed by atoms with van der Waals surface area (Å²) in [5.74, 6) is 2.76. The van der Waals surface area contributed by atoms with E-state index in [0.717, 1.165) is 11.5 Å². The zero-order valence-electron chi connectivity index (χ0n) is 12.5. The van der Waals surface area contributed by atoms with E-state index < -0.39 is 0 Å². The van der Waals surface area contributed by atoms with E-state index in [2.05, 4.69) is 26.1 Å². The number of hydrogen-bond acceptors (Lipinski definition) is 4. The highest BCUT2D eigenvalue weighted by Crippen LogP contribution is 2.40. The second-order valence-corrected chi connectivity index (χ2v) is 5.49. The van der Waals surface area contributed by atoms with E-state index >= 15 is 0 Å². The first-order chi connectivity index (χ1) is 9.08. The van der Waals surface area contributed by atoms with Gasteiger partial charge in [-0.05, 0) is 38.9 Å². The average molecular weight is 267 g/mol. The summed E-state index contributed by atoms with van der Waals surface area (Å²) in [6.07, 6.45) is 0.530. The van der Waals surface area contributed by atoms with Crippen molar-refractivity contribution in [1.29, 1.82) is 0 Å². The van der Waals surface area contributed by atoms with E-state index in [1.54, 1.807) is 7.11 Å². The molecule has 0 amide bonds. The van der Waals surface area contributed by atoms with Crippen molar-refractivity contribution >= 4 is 0 Å². The molecule has 5 unspecified atom stereocenters. The number of methoxy groups -OCH3 is 1. The van der Waals surface area contributed by atoms with Gasteiger partial charge in [0, 0.05) is 13.0 Å². The summed E-state index contributed by atoms with van der Waals surface area (Å²) < 4.78 is 16.9. The van der Waals surface area contributed by atoms with E-state index in [0.29, 0.717) is 24.5 Å². The lowest BCUT2D eigenvalue weighted by Crippen LogP contribution is -2.32. The Labute approximate surface area is 115 Å². The highest BCUT2D eigenvalue weighted by atomic mass is 16.5. The first-order valence-corrected chi connectivity index (χ1v) is 6.98. The predicted molar refractivity (Wildman–Crippen MR) is 73.9 cm³/mol. The Morgan fingerprint density at radius 3 is 2.53 bits per heavy atom. The van der Waals surface area contributed by atoms with Crippen molar-refractivity contribution < 1.29 is 13.9 Å². The van der Waals surface area contributed by atoms with Gasteiger partial charge in [-0.25, -0.2) is 0 Å². The molecule has 108 valence electrons. The van der Waals surface area contributed by atoms with Crippen LogP contribution in [0.1, 0.15) is 38.3 Å². The molecule has 0 radical (unpaired) electrons. The van der Waals surface area contributed by atoms with Crippen molar-refractivity contribution in [3.63, 3.8) is 0 Å². The third kappa shape index (κ3) is 2.86. The van der Waals surface area contributed by atoms with E-state index in [1.165, 1.54) is 0 Å². The molecule has 0 spiro atoms. The van der Waals surface area contributed by atoms with Gasteiger partial charge in [-0.3, -0.25) is 0 Å². The quantitative estimate of drug-likeness (QED) is 0.891. The molecule has 0 saturated carbocycles. The summed E-state index contributed by atoms with van der Waals surface area (Å²) in [6.45, 7) is 7.06. The first kappa shape index (κ1) is 14.6. The van der Waals surface area contributed by atoms with Gasteiger partial charge in [0.25, 0.3) is 0 Å². The van der Waals surface area contributed by atoms with Gasteiger partial charge in [0.1, 0.15) is 18.1 Å². The molecule has 4 heteroatoms. The standard InChI is InChI=1S/C15H25NO3/c1-9-10(2)18-11(3)14(9)15(16-4)13-7-6-12(19-13)8-17-5/h6-7,9-11,14-16H,8H2,1-5H3. The van der Waals surface area contributed by atoms with Crippen LogP contribution in [0.3, 0.4) is 0 Å². The van der Waals surface area contributed by atoms with Crippen LogP contribution in [0.4, 0.5) is 0 Å². The van der Waals surface area contributed by atoms with Crippen LogP contribution >= 0.6 is 0 Å². The maximum atomic E-state index is 5.94. The zero-order valence-corrected chi connectivity index (χ0v) is 12.5. The molecule has 1 aromatic heterocycles. The summed E-state index contributed by atoms with van der Waals surface area (Å²) in [6, 6.07) is 4.20. The summed E-state index contributed by atoms with van der Waals surface area (Å²) in [5, 5.41) is 3.38. The molecule has 5 atom stereocenters. The van der Waals surface area contributed by atoms with Crippen LogP contribution < -0.4 is 5.32 Å². The van der Waals surface area contributed by atoms with Gasteiger partial charge < -0.3 is 19.2 Å². The summed E-state index contributed by atoms with van der Waals surface area (Å²) in [5.41, 5.74) is 0. The molecule has 2 rings (SSSR count). The Balaban J connectivity index is 2.18. The Morgan fingerprint density at radius 1 is 1.26 bits per heavy atom. The van der Waals surface area contributed by atoms with Crippen LogP contribution in [0.2, 0.25) is 0 Å². The summed E-state index contributed by atoms with van der Waals surface area (Å²) in [4.78, 5) is 0.